The minimum absolute atomic E-state index is 0. The lowest BCUT2D eigenvalue weighted by atomic mass is 10.1. The predicted octanol–water partition coefficient (Wildman–Crippen LogP) is 18.7. The summed E-state index contributed by atoms with van der Waals surface area (Å²) in [5.41, 5.74) is 17.0. The number of para-hydroxylation sites is 4. The summed E-state index contributed by atoms with van der Waals surface area (Å²) in [7, 11) is 4.47. The minimum Gasteiger partial charge on any atom is -0.494 e. The van der Waals surface area contributed by atoms with Gasteiger partial charge in [0.05, 0.1) is 104 Å². The van der Waals surface area contributed by atoms with E-state index < -0.39 is 5.97 Å². The van der Waals surface area contributed by atoms with Crippen LogP contribution in [0.5, 0.6) is 46.0 Å². The SMILES string of the molecule is C.C.C.COC(=O)CCCCOc1cc(COc2cc3c(cc2C)C(=O)N2c4ccccc4C[C@H]2C=N3)cc(COc2cc3c(cc2OC)C(=O)N2c4ccccc4C[C@H]2C=N3)c1.COc1cc2c(cc1OCc1cc(COc3cc4c(cc3C)C(=O)N3c5ccccc5C[C@H]3C=N4)cc(OCCCCC(=O)O)c1)N=C[C@@H]1Cc3ccccc3N1C2=O. The number of esters is 1. The Kier molecular flexibility index (Phi) is 25.5. The molecule has 0 unspecified atom stereocenters. The molecule has 24 nitrogen and oxygen atoms in total. The Morgan fingerprint density at radius 1 is 0.361 bits per heavy atom. The molecule has 4 amide bonds. The number of carbonyl (C=O) groups excluding carboxylic acids is 5. The van der Waals surface area contributed by atoms with E-state index in [0.717, 1.165) is 84.8 Å². The zero-order chi connectivity index (χ0) is 82.0. The second-order valence-electron chi connectivity index (χ2n) is 30.4. The quantitative estimate of drug-likeness (QED) is 0.0390. The number of amides is 4. The minimum atomic E-state index is -0.841. The first-order chi connectivity index (χ1) is 58.0. The van der Waals surface area contributed by atoms with E-state index in [1.807, 2.05) is 194 Å². The summed E-state index contributed by atoms with van der Waals surface area (Å²) >= 11 is 0. The van der Waals surface area contributed by atoms with Crippen LogP contribution in [0, 0.1) is 13.8 Å². The fraction of sp³-hybridized carbons (Fsp3) is 0.286. The first-order valence-corrected chi connectivity index (χ1v) is 39.9. The molecule has 0 saturated carbocycles. The topological polar surface area (TPSA) is 268 Å². The van der Waals surface area contributed by atoms with Gasteiger partial charge in [-0.3, -0.25) is 68.3 Å². The van der Waals surface area contributed by atoms with Crippen molar-refractivity contribution in [3.63, 3.8) is 0 Å². The average Bonchev–Trinajstić information content (AvgIpc) is 1.62. The van der Waals surface area contributed by atoms with E-state index in [2.05, 4.69) is 12.1 Å². The van der Waals surface area contributed by atoms with Crippen LogP contribution < -0.4 is 57.5 Å². The number of nitrogens with zero attached hydrogens (tertiary/aromatic N) is 8. The number of rotatable bonds is 26. The Morgan fingerprint density at radius 2 is 0.656 bits per heavy atom. The lowest BCUT2D eigenvalue weighted by Gasteiger charge is -2.22. The Labute approximate surface area is 709 Å². The third-order valence-corrected chi connectivity index (χ3v) is 22.5. The van der Waals surface area contributed by atoms with Gasteiger partial charge in [-0.25, -0.2) is 0 Å². The van der Waals surface area contributed by atoms with Crippen LogP contribution in [0.4, 0.5) is 45.5 Å². The normalized spacial score (nSPS) is 16.4. The summed E-state index contributed by atoms with van der Waals surface area (Å²) in [6.45, 7) is 5.24. The second kappa shape index (κ2) is 36.8. The van der Waals surface area contributed by atoms with Crippen LogP contribution in [0.1, 0.15) is 158 Å². The van der Waals surface area contributed by atoms with Gasteiger partial charge in [-0.2, -0.15) is 0 Å². The van der Waals surface area contributed by atoms with Gasteiger partial charge in [-0.05, 0) is 180 Å². The largest absolute Gasteiger partial charge is 0.494 e. The van der Waals surface area contributed by atoms with E-state index in [4.69, 9.17) is 67.7 Å². The van der Waals surface area contributed by atoms with E-state index in [0.29, 0.717) is 156 Å². The molecule has 0 spiro atoms. The molecule has 10 aromatic rings. The van der Waals surface area contributed by atoms with E-state index in [9.17, 15) is 28.8 Å². The maximum Gasteiger partial charge on any atom is 0.305 e. The molecule has 0 aromatic heterocycles. The van der Waals surface area contributed by atoms with Crippen molar-refractivity contribution in [1.29, 1.82) is 0 Å². The first kappa shape index (κ1) is 84.6. The molecule has 0 saturated heterocycles. The number of unbranched alkanes of at least 4 members (excludes halogenated alkanes) is 2. The molecular formula is C98H98N8O16. The highest BCUT2D eigenvalue weighted by Gasteiger charge is 2.41. The molecule has 0 radical (unpaired) electrons. The number of hydrogen-bond donors (Lipinski definition) is 1. The zero-order valence-corrected chi connectivity index (χ0v) is 66.4. The molecule has 4 atom stereocenters. The summed E-state index contributed by atoms with van der Waals surface area (Å²) in [5, 5.41) is 9.07. The van der Waals surface area contributed by atoms with Gasteiger partial charge in [0.15, 0.2) is 23.0 Å². The molecule has 0 fully saturated rings. The van der Waals surface area contributed by atoms with Gasteiger partial charge >= 0.3 is 11.9 Å². The van der Waals surface area contributed by atoms with Gasteiger partial charge in [0, 0.05) is 110 Å². The van der Waals surface area contributed by atoms with Crippen LogP contribution in [-0.4, -0.2) is 124 Å². The van der Waals surface area contributed by atoms with Crippen molar-refractivity contribution < 1.29 is 76.5 Å². The lowest BCUT2D eigenvalue weighted by Crippen LogP contribution is -2.37. The molecule has 1 N–H and O–H groups in total. The smallest absolute Gasteiger partial charge is 0.305 e. The Hall–Kier alpha value is -13.9. The first-order valence-electron chi connectivity index (χ1n) is 39.9. The molecule has 8 aliphatic heterocycles. The van der Waals surface area contributed by atoms with E-state index >= 15 is 0 Å². The molecule has 18 rings (SSSR count). The molecule has 8 aliphatic rings. The Balaban J connectivity index is 0.000000194. The van der Waals surface area contributed by atoms with Crippen molar-refractivity contribution in [1.82, 2.24) is 0 Å². The molecule has 0 bridgehead atoms. The zero-order valence-electron chi connectivity index (χ0n) is 66.4. The van der Waals surface area contributed by atoms with Crippen molar-refractivity contribution >= 4 is 106 Å². The van der Waals surface area contributed by atoms with Crippen molar-refractivity contribution in [3.05, 3.63) is 260 Å². The Bertz CT molecular complexity index is 5860. The number of aliphatic imine (C=N–C) groups is 4. The monoisotopic (exact) mass is 1640 g/mol. The average molecular weight is 1640 g/mol. The third-order valence-electron chi connectivity index (χ3n) is 22.5. The van der Waals surface area contributed by atoms with E-state index in [1.54, 1.807) is 41.2 Å². The molecule has 10 aromatic carbocycles. The number of carbonyl (C=O) groups is 6. The second-order valence-corrected chi connectivity index (χ2v) is 30.4. The third kappa shape index (κ3) is 17.3. The standard InChI is InChI=1S/C48H44N4O8.C47H42N4O8.3CH4/c1-29-16-37-39(49-25-34-20-32-10-4-6-12-41(32)51(34)47(37)54)23-43(29)59-27-30-17-31(19-36(18-30)58-15-9-8-14-46(53)57-3)28-60-45-24-40-38(22-44(45)56-2)48(55)52-35(26-50-40)21-33-11-5-7-13-42(33)52;1-28-15-36-38(48-24-33-19-31-9-3-5-11-40(31)50(33)46(36)54)22-42(28)58-26-29-16-30(18-35(17-29)57-14-8-7-13-45(52)53)27-59-44-23-39-37(21-43(44)56-2)47(55)51-34(25-49-39)20-32-10-4-6-12-41(32)51;;;/h4-7,10-13,16-19,22-26,34-35H,8-9,14-15,20-21,27-28H2,1-3H3;3-6,9-12,15-18,21-25,33-34H,7-8,13-14,19-20,26-27H2,1-2H3,(H,52,53);3*1H4/t34-,35-;33-,34-;;;/m00.../s1. The van der Waals surface area contributed by atoms with Crippen molar-refractivity contribution in [3.8, 4) is 46.0 Å². The number of hydrogen-bond acceptors (Lipinski definition) is 19. The lowest BCUT2D eigenvalue weighted by molar-refractivity contribution is -0.141. The number of fused-ring (bicyclic) bond motifs is 16. The van der Waals surface area contributed by atoms with Crippen LogP contribution in [0.3, 0.4) is 0 Å². The number of aliphatic carboxylic acids is 1. The molecule has 122 heavy (non-hydrogen) atoms. The van der Waals surface area contributed by atoms with Crippen LogP contribution >= 0.6 is 0 Å². The van der Waals surface area contributed by atoms with E-state index in [-0.39, 0.29) is 109 Å². The summed E-state index contributed by atoms with van der Waals surface area (Å²) in [4.78, 5) is 105. The fourth-order valence-corrected chi connectivity index (χ4v) is 16.6. The van der Waals surface area contributed by atoms with Crippen LogP contribution in [-0.2, 0) is 66.4 Å². The van der Waals surface area contributed by atoms with Crippen molar-refractivity contribution in [2.24, 2.45) is 20.0 Å². The molecule has 8 heterocycles. The van der Waals surface area contributed by atoms with E-state index in [1.165, 1.54) is 14.2 Å². The van der Waals surface area contributed by atoms with Crippen LogP contribution in [0.15, 0.2) is 202 Å². The number of benzene rings is 10. The molecular weight excluding hydrogens is 1550 g/mol. The molecule has 0 aliphatic carbocycles. The van der Waals surface area contributed by atoms with Gasteiger partial charge in [-0.1, -0.05) is 95.1 Å². The van der Waals surface area contributed by atoms with Gasteiger partial charge in [-0.15, -0.1) is 0 Å². The van der Waals surface area contributed by atoms with Gasteiger partial charge in [0.2, 0.25) is 0 Å². The summed E-state index contributed by atoms with van der Waals surface area (Å²) < 4.78 is 54.1. The van der Waals surface area contributed by atoms with Gasteiger partial charge in [0.1, 0.15) is 49.4 Å². The molecule has 626 valence electrons. The number of carboxylic acid groups (broad SMARTS) is 1. The van der Waals surface area contributed by atoms with Crippen LogP contribution in [0.2, 0.25) is 0 Å². The van der Waals surface area contributed by atoms with Gasteiger partial charge in [0.25, 0.3) is 23.6 Å². The fourth-order valence-electron chi connectivity index (χ4n) is 16.6. The highest BCUT2D eigenvalue weighted by atomic mass is 16.5. The number of methoxy groups -OCH3 is 3. The summed E-state index contributed by atoms with van der Waals surface area (Å²) in [6.07, 6.45) is 12.9. The number of anilines is 4. The number of aryl methyl sites for hydroxylation is 2. The number of ether oxygens (including phenoxy) is 9. The maximum atomic E-state index is 13.9. The highest BCUT2D eigenvalue weighted by molar-refractivity contribution is 6.18. The Morgan fingerprint density at radius 3 is 0.967 bits per heavy atom. The summed E-state index contributed by atoms with van der Waals surface area (Å²) in [5.74, 6) is 2.54. The van der Waals surface area contributed by atoms with Crippen molar-refractivity contribution in [2.75, 3.05) is 54.1 Å². The van der Waals surface area contributed by atoms with Gasteiger partial charge < -0.3 is 47.7 Å². The maximum absolute atomic E-state index is 13.9. The predicted molar refractivity (Wildman–Crippen MR) is 473 cm³/mol. The van der Waals surface area contributed by atoms with Crippen LogP contribution in [0.25, 0.3) is 0 Å². The molecule has 24 heteroatoms. The highest BCUT2D eigenvalue weighted by Crippen LogP contribution is 2.46. The van der Waals surface area contributed by atoms with Crippen molar-refractivity contribution in [2.45, 2.75) is 151 Å². The summed E-state index contributed by atoms with van der Waals surface area (Å²) in [6, 6.07) is 56.9. The number of carboxylic acids is 1.